The molecule has 1 amide bonds. The van der Waals surface area contributed by atoms with E-state index in [1.54, 1.807) is 6.07 Å². The number of benzene rings is 3. The van der Waals surface area contributed by atoms with Crippen molar-refractivity contribution < 1.29 is 14.3 Å². The van der Waals surface area contributed by atoms with Gasteiger partial charge in [0.2, 0.25) is 0 Å². The molecule has 0 saturated carbocycles. The zero-order valence-electron chi connectivity index (χ0n) is 12.4. The first-order chi connectivity index (χ1) is 11.2. The molecule has 1 heterocycles. The monoisotopic (exact) mass is 305 g/mol. The topological polar surface area (TPSA) is 55.4 Å². The summed E-state index contributed by atoms with van der Waals surface area (Å²) < 4.78 is 4.89. The van der Waals surface area contributed by atoms with Gasteiger partial charge >= 0.3 is 5.97 Å². The molecule has 23 heavy (non-hydrogen) atoms. The molecule has 1 atom stereocenters. The fourth-order valence-electron chi connectivity index (χ4n) is 3.03. The van der Waals surface area contributed by atoms with Gasteiger partial charge in [-0.25, -0.2) is 4.79 Å². The summed E-state index contributed by atoms with van der Waals surface area (Å²) in [5.41, 5.74) is 0.577. The van der Waals surface area contributed by atoms with E-state index in [4.69, 9.17) is 4.74 Å². The van der Waals surface area contributed by atoms with Gasteiger partial charge in [0.1, 0.15) is 6.04 Å². The standard InChI is InChI=1S/C19H15NO3/c21-18(20-17-8-9-23-19(17)22)15-7-3-6-14-10-12-4-1-2-5-13(12)11-16(14)15/h1-7,10-11,17H,8-9H2,(H,20,21). The van der Waals surface area contributed by atoms with Gasteiger partial charge in [-0.05, 0) is 39.7 Å². The Morgan fingerprint density at radius 3 is 2.48 bits per heavy atom. The number of nitrogens with one attached hydrogen (secondary N) is 1. The Morgan fingerprint density at radius 1 is 1.00 bits per heavy atom. The van der Waals surface area contributed by atoms with Gasteiger partial charge in [-0.3, -0.25) is 4.79 Å². The molecule has 1 aliphatic heterocycles. The Morgan fingerprint density at radius 2 is 1.74 bits per heavy atom. The van der Waals surface area contributed by atoms with Gasteiger partial charge in [0, 0.05) is 12.0 Å². The third-order valence-corrected chi connectivity index (χ3v) is 4.23. The van der Waals surface area contributed by atoms with Gasteiger partial charge in [0.15, 0.2) is 0 Å². The minimum absolute atomic E-state index is 0.241. The quantitative estimate of drug-likeness (QED) is 0.585. The molecule has 1 unspecified atom stereocenters. The summed E-state index contributed by atoms with van der Waals surface area (Å²) in [5, 5.41) is 6.88. The SMILES string of the molecule is O=C(NC1CCOC1=O)c1cccc2cc3ccccc3cc12. The number of ether oxygens (including phenoxy) is 1. The highest BCUT2D eigenvalue weighted by atomic mass is 16.5. The molecule has 114 valence electrons. The van der Waals surface area contributed by atoms with Gasteiger partial charge in [-0.15, -0.1) is 0 Å². The number of amides is 1. The zero-order valence-corrected chi connectivity index (χ0v) is 12.4. The third-order valence-electron chi connectivity index (χ3n) is 4.23. The van der Waals surface area contributed by atoms with Crippen LogP contribution in [0.3, 0.4) is 0 Å². The van der Waals surface area contributed by atoms with Crippen LogP contribution in [-0.2, 0) is 9.53 Å². The largest absolute Gasteiger partial charge is 0.464 e. The first kappa shape index (κ1) is 13.8. The summed E-state index contributed by atoms with van der Waals surface area (Å²) in [6, 6.07) is 17.2. The van der Waals surface area contributed by atoms with E-state index in [9.17, 15) is 9.59 Å². The van der Waals surface area contributed by atoms with Crippen LogP contribution in [0.15, 0.2) is 54.6 Å². The summed E-state index contributed by atoms with van der Waals surface area (Å²) in [4.78, 5) is 24.1. The molecular weight excluding hydrogens is 290 g/mol. The molecule has 0 radical (unpaired) electrons. The maximum absolute atomic E-state index is 12.6. The lowest BCUT2D eigenvalue weighted by atomic mass is 9.99. The number of carbonyl (C=O) groups is 2. The highest BCUT2D eigenvalue weighted by Crippen LogP contribution is 2.25. The summed E-state index contributed by atoms with van der Waals surface area (Å²) in [7, 11) is 0. The van der Waals surface area contributed by atoms with Crippen molar-refractivity contribution in [2.45, 2.75) is 12.5 Å². The second-order valence-electron chi connectivity index (χ2n) is 5.71. The molecule has 0 spiro atoms. The smallest absolute Gasteiger partial charge is 0.328 e. The molecule has 4 heteroatoms. The molecule has 0 aliphatic carbocycles. The van der Waals surface area contributed by atoms with Crippen molar-refractivity contribution in [1.82, 2.24) is 5.32 Å². The molecule has 1 N–H and O–H groups in total. The van der Waals surface area contributed by atoms with E-state index in [2.05, 4.69) is 17.4 Å². The normalized spacial score (nSPS) is 17.4. The predicted octanol–water partition coefficient (Wildman–Crippen LogP) is 3.04. The van der Waals surface area contributed by atoms with Crippen molar-refractivity contribution in [3.05, 3.63) is 60.2 Å². The maximum Gasteiger partial charge on any atom is 0.328 e. The Kier molecular flexibility index (Phi) is 3.23. The average molecular weight is 305 g/mol. The Labute approximate surface area is 133 Å². The van der Waals surface area contributed by atoms with Crippen LogP contribution in [0.25, 0.3) is 21.5 Å². The van der Waals surface area contributed by atoms with Crippen molar-refractivity contribution in [2.75, 3.05) is 6.61 Å². The number of hydrogen-bond donors (Lipinski definition) is 1. The number of hydrogen-bond acceptors (Lipinski definition) is 3. The van der Waals surface area contributed by atoms with Gasteiger partial charge in [-0.2, -0.15) is 0 Å². The molecule has 4 nitrogen and oxygen atoms in total. The predicted molar refractivity (Wildman–Crippen MR) is 88.3 cm³/mol. The van der Waals surface area contributed by atoms with E-state index in [1.165, 1.54) is 0 Å². The highest BCUT2D eigenvalue weighted by molar-refractivity contribution is 6.11. The molecule has 1 aliphatic rings. The highest BCUT2D eigenvalue weighted by Gasteiger charge is 2.28. The van der Waals surface area contributed by atoms with Crippen LogP contribution >= 0.6 is 0 Å². The maximum atomic E-state index is 12.6. The van der Waals surface area contributed by atoms with Gasteiger partial charge in [0.05, 0.1) is 6.61 Å². The molecule has 1 fully saturated rings. The zero-order chi connectivity index (χ0) is 15.8. The van der Waals surface area contributed by atoms with Crippen LogP contribution in [0.5, 0.6) is 0 Å². The van der Waals surface area contributed by atoms with Crippen molar-refractivity contribution in [2.24, 2.45) is 0 Å². The van der Waals surface area contributed by atoms with Crippen LogP contribution in [0.1, 0.15) is 16.8 Å². The molecule has 1 saturated heterocycles. The van der Waals surface area contributed by atoms with E-state index in [0.29, 0.717) is 18.6 Å². The fraction of sp³-hybridized carbons (Fsp3) is 0.158. The van der Waals surface area contributed by atoms with Crippen LogP contribution in [0, 0.1) is 0 Å². The minimum Gasteiger partial charge on any atom is -0.464 e. The van der Waals surface area contributed by atoms with E-state index in [1.807, 2.05) is 36.4 Å². The number of esters is 1. The van der Waals surface area contributed by atoms with Gasteiger partial charge in [0.25, 0.3) is 5.91 Å². The first-order valence-corrected chi connectivity index (χ1v) is 7.61. The van der Waals surface area contributed by atoms with Crippen LogP contribution < -0.4 is 5.32 Å². The summed E-state index contributed by atoms with van der Waals surface area (Å²) >= 11 is 0. The fourth-order valence-corrected chi connectivity index (χ4v) is 3.03. The molecule has 3 aromatic carbocycles. The molecule has 3 aromatic rings. The van der Waals surface area contributed by atoms with E-state index in [0.717, 1.165) is 21.5 Å². The van der Waals surface area contributed by atoms with Crippen molar-refractivity contribution in [1.29, 1.82) is 0 Å². The second kappa shape index (κ2) is 5.39. The first-order valence-electron chi connectivity index (χ1n) is 7.61. The molecule has 0 bridgehead atoms. The van der Waals surface area contributed by atoms with E-state index >= 15 is 0 Å². The number of cyclic esters (lactones) is 1. The van der Waals surface area contributed by atoms with Crippen LogP contribution in [-0.4, -0.2) is 24.5 Å². The third kappa shape index (κ3) is 2.42. The van der Waals surface area contributed by atoms with Crippen LogP contribution in [0.4, 0.5) is 0 Å². The summed E-state index contributed by atoms with van der Waals surface area (Å²) in [5.74, 6) is -0.598. The summed E-state index contributed by atoms with van der Waals surface area (Å²) in [6.45, 7) is 0.365. The molecule has 4 rings (SSSR count). The van der Waals surface area contributed by atoms with E-state index < -0.39 is 6.04 Å². The Balaban J connectivity index is 1.78. The van der Waals surface area contributed by atoms with Crippen LogP contribution in [0.2, 0.25) is 0 Å². The van der Waals surface area contributed by atoms with E-state index in [-0.39, 0.29) is 11.9 Å². The second-order valence-corrected chi connectivity index (χ2v) is 5.71. The van der Waals surface area contributed by atoms with Crippen molar-refractivity contribution in [3.63, 3.8) is 0 Å². The number of carbonyl (C=O) groups excluding carboxylic acids is 2. The lowest BCUT2D eigenvalue weighted by molar-refractivity contribution is -0.139. The number of rotatable bonds is 2. The Bertz CT molecular complexity index is 932. The lowest BCUT2D eigenvalue weighted by Gasteiger charge is -2.11. The lowest BCUT2D eigenvalue weighted by Crippen LogP contribution is -2.37. The summed E-state index contributed by atoms with van der Waals surface area (Å²) in [6.07, 6.45) is 0.526. The molecular formula is C19H15NO3. The van der Waals surface area contributed by atoms with Crippen molar-refractivity contribution in [3.8, 4) is 0 Å². The molecule has 0 aromatic heterocycles. The number of fused-ring (bicyclic) bond motifs is 2. The minimum atomic E-state index is -0.543. The average Bonchev–Trinajstić information content (AvgIpc) is 2.97. The van der Waals surface area contributed by atoms with Gasteiger partial charge < -0.3 is 10.1 Å². The van der Waals surface area contributed by atoms with Crippen molar-refractivity contribution >= 4 is 33.4 Å². The Hall–Kier alpha value is -2.88. The van der Waals surface area contributed by atoms with Gasteiger partial charge in [-0.1, -0.05) is 36.4 Å².